The zero-order valence-corrected chi connectivity index (χ0v) is 15.9. The van der Waals surface area contributed by atoms with E-state index >= 15 is 0 Å². The molecule has 0 spiro atoms. The van der Waals surface area contributed by atoms with Crippen molar-refractivity contribution in [1.82, 2.24) is 20.1 Å². The Labute approximate surface area is 162 Å². The number of hydrogen-bond donors (Lipinski definition) is 1. The van der Waals surface area contributed by atoms with Crippen LogP contribution in [0.15, 0.2) is 48.7 Å². The molecule has 4 rings (SSSR count). The van der Waals surface area contributed by atoms with Gasteiger partial charge in [-0.2, -0.15) is 5.10 Å². The Balaban J connectivity index is 1.93. The number of rotatable bonds is 5. The summed E-state index contributed by atoms with van der Waals surface area (Å²) in [5.41, 5.74) is 4.20. The van der Waals surface area contributed by atoms with E-state index in [1.165, 1.54) is 12.1 Å². The van der Waals surface area contributed by atoms with Gasteiger partial charge in [-0.1, -0.05) is 36.8 Å². The second-order valence-corrected chi connectivity index (χ2v) is 6.90. The highest BCUT2D eigenvalue weighted by Gasteiger charge is 2.18. The van der Waals surface area contributed by atoms with Gasteiger partial charge >= 0.3 is 0 Å². The Hall–Kier alpha value is -3.28. The molecule has 0 fully saturated rings. The smallest absolute Gasteiger partial charge is 0.241 e. The van der Waals surface area contributed by atoms with Crippen molar-refractivity contribution in [3.63, 3.8) is 0 Å². The molecular weight excluding hydrogens is 355 g/mol. The molecule has 6 heteroatoms. The molecule has 0 atom stereocenters. The standard InChI is InChI=1S/C22H21FN4O/c1-3-10-24-20(28)13-27-22-17-11-16(23)8-9-19(17)25-12-18(22)21(26-27)15-6-4-14(2)5-7-15/h4-9,11-12H,3,10,13H2,1-2H3,(H,24,28). The quantitative estimate of drug-likeness (QED) is 0.567. The largest absolute Gasteiger partial charge is 0.355 e. The number of nitrogens with one attached hydrogen (secondary N) is 1. The summed E-state index contributed by atoms with van der Waals surface area (Å²) in [5, 5.41) is 9.02. The molecule has 28 heavy (non-hydrogen) atoms. The molecule has 0 bridgehead atoms. The molecule has 0 radical (unpaired) electrons. The fraction of sp³-hybridized carbons (Fsp3) is 0.227. The van der Waals surface area contributed by atoms with Crippen molar-refractivity contribution < 1.29 is 9.18 Å². The normalized spacial score (nSPS) is 11.2. The summed E-state index contributed by atoms with van der Waals surface area (Å²) in [6, 6.07) is 12.5. The third-order valence-electron chi connectivity index (χ3n) is 4.73. The zero-order valence-electron chi connectivity index (χ0n) is 15.9. The van der Waals surface area contributed by atoms with Gasteiger partial charge in [-0.15, -0.1) is 0 Å². The first-order valence-corrected chi connectivity index (χ1v) is 9.35. The minimum absolute atomic E-state index is 0.0674. The number of hydrogen-bond acceptors (Lipinski definition) is 3. The fourth-order valence-corrected chi connectivity index (χ4v) is 3.32. The molecular formula is C22H21FN4O. The molecule has 0 saturated heterocycles. The molecule has 142 valence electrons. The summed E-state index contributed by atoms with van der Waals surface area (Å²) >= 11 is 0. The molecule has 2 aromatic carbocycles. The highest BCUT2D eigenvalue weighted by molar-refractivity contribution is 6.08. The van der Waals surface area contributed by atoms with Crippen LogP contribution in [0.2, 0.25) is 0 Å². The zero-order chi connectivity index (χ0) is 19.7. The number of carbonyl (C=O) groups excluding carboxylic acids is 1. The third-order valence-corrected chi connectivity index (χ3v) is 4.73. The monoisotopic (exact) mass is 376 g/mol. The van der Waals surface area contributed by atoms with E-state index in [-0.39, 0.29) is 18.3 Å². The van der Waals surface area contributed by atoms with Gasteiger partial charge in [0.25, 0.3) is 0 Å². The molecule has 2 heterocycles. The molecule has 0 aliphatic heterocycles. The molecule has 0 aliphatic carbocycles. The van der Waals surface area contributed by atoms with Crippen molar-refractivity contribution in [2.75, 3.05) is 6.54 Å². The van der Waals surface area contributed by atoms with Crippen LogP contribution < -0.4 is 5.32 Å². The lowest BCUT2D eigenvalue weighted by Gasteiger charge is -2.06. The van der Waals surface area contributed by atoms with Gasteiger partial charge in [-0.25, -0.2) is 4.39 Å². The Bertz CT molecular complexity index is 1160. The van der Waals surface area contributed by atoms with Crippen LogP contribution in [0, 0.1) is 12.7 Å². The third kappa shape index (κ3) is 3.33. The summed E-state index contributed by atoms with van der Waals surface area (Å²) in [6.07, 6.45) is 2.61. The maximum atomic E-state index is 14.0. The highest BCUT2D eigenvalue weighted by Crippen LogP contribution is 2.32. The predicted molar refractivity (Wildman–Crippen MR) is 108 cm³/mol. The number of nitrogens with zero attached hydrogens (tertiary/aromatic N) is 3. The van der Waals surface area contributed by atoms with Crippen molar-refractivity contribution in [2.45, 2.75) is 26.8 Å². The van der Waals surface area contributed by atoms with E-state index < -0.39 is 0 Å². The van der Waals surface area contributed by atoms with Gasteiger partial charge in [-0.3, -0.25) is 14.5 Å². The van der Waals surface area contributed by atoms with Crippen molar-refractivity contribution in [1.29, 1.82) is 0 Å². The Morgan fingerprint density at radius 2 is 1.93 bits per heavy atom. The molecule has 0 saturated carbocycles. The van der Waals surface area contributed by atoms with Gasteiger partial charge in [-0.05, 0) is 31.5 Å². The lowest BCUT2D eigenvalue weighted by Crippen LogP contribution is -2.28. The second kappa shape index (κ2) is 7.38. The van der Waals surface area contributed by atoms with Crippen LogP contribution >= 0.6 is 0 Å². The summed E-state index contributed by atoms with van der Waals surface area (Å²) < 4.78 is 15.6. The van der Waals surface area contributed by atoms with Crippen LogP contribution in [0.5, 0.6) is 0 Å². The number of fused-ring (bicyclic) bond motifs is 3. The average Bonchev–Trinajstić information content (AvgIpc) is 3.05. The molecule has 1 amide bonds. The second-order valence-electron chi connectivity index (χ2n) is 6.90. The van der Waals surface area contributed by atoms with Crippen LogP contribution in [0.25, 0.3) is 33.1 Å². The number of aryl methyl sites for hydroxylation is 1. The van der Waals surface area contributed by atoms with Crippen molar-refractivity contribution in [3.05, 3.63) is 60.0 Å². The van der Waals surface area contributed by atoms with Crippen molar-refractivity contribution in [2.24, 2.45) is 0 Å². The fourth-order valence-electron chi connectivity index (χ4n) is 3.32. The average molecular weight is 376 g/mol. The first kappa shape index (κ1) is 18.1. The van der Waals surface area contributed by atoms with E-state index in [4.69, 9.17) is 5.10 Å². The SMILES string of the molecule is CCCNC(=O)Cn1nc(-c2ccc(C)cc2)c2cnc3ccc(F)cc3c21. The van der Waals surface area contributed by atoms with Crippen molar-refractivity contribution in [3.8, 4) is 11.3 Å². The molecule has 0 unspecified atom stereocenters. The number of pyridine rings is 1. The van der Waals surface area contributed by atoms with E-state index in [1.807, 2.05) is 38.1 Å². The topological polar surface area (TPSA) is 59.8 Å². The van der Waals surface area contributed by atoms with Crippen LogP contribution in [-0.2, 0) is 11.3 Å². The molecule has 5 nitrogen and oxygen atoms in total. The Morgan fingerprint density at radius 3 is 2.68 bits per heavy atom. The number of carbonyl (C=O) groups is 1. The van der Waals surface area contributed by atoms with E-state index in [1.54, 1.807) is 16.9 Å². The van der Waals surface area contributed by atoms with Crippen LogP contribution in [0.3, 0.4) is 0 Å². The first-order chi connectivity index (χ1) is 13.6. The number of aromatic nitrogens is 3. The van der Waals surface area contributed by atoms with E-state index in [0.717, 1.165) is 28.6 Å². The lowest BCUT2D eigenvalue weighted by molar-refractivity contribution is -0.121. The molecule has 4 aromatic rings. The number of amides is 1. The minimum atomic E-state index is -0.345. The van der Waals surface area contributed by atoms with Crippen LogP contribution in [-0.4, -0.2) is 27.2 Å². The van der Waals surface area contributed by atoms with E-state index in [0.29, 0.717) is 23.0 Å². The lowest BCUT2D eigenvalue weighted by atomic mass is 10.1. The predicted octanol–water partition coefficient (Wildman–Crippen LogP) is 4.23. The highest BCUT2D eigenvalue weighted by atomic mass is 19.1. The van der Waals surface area contributed by atoms with E-state index in [9.17, 15) is 9.18 Å². The van der Waals surface area contributed by atoms with Crippen LogP contribution in [0.1, 0.15) is 18.9 Å². The summed E-state index contributed by atoms with van der Waals surface area (Å²) in [5.74, 6) is -0.468. The molecule has 0 aliphatic rings. The van der Waals surface area contributed by atoms with Gasteiger partial charge in [0.2, 0.25) is 5.91 Å². The Kier molecular flexibility index (Phi) is 4.77. The summed E-state index contributed by atoms with van der Waals surface area (Å²) in [6.45, 7) is 4.70. The van der Waals surface area contributed by atoms with Gasteiger partial charge in [0.1, 0.15) is 18.1 Å². The van der Waals surface area contributed by atoms with Gasteiger partial charge in [0.05, 0.1) is 11.0 Å². The molecule has 2 aromatic heterocycles. The van der Waals surface area contributed by atoms with Gasteiger partial charge < -0.3 is 5.32 Å². The summed E-state index contributed by atoms with van der Waals surface area (Å²) in [4.78, 5) is 16.8. The first-order valence-electron chi connectivity index (χ1n) is 9.35. The number of halogens is 1. The van der Waals surface area contributed by atoms with Gasteiger partial charge in [0.15, 0.2) is 0 Å². The maximum absolute atomic E-state index is 14.0. The minimum Gasteiger partial charge on any atom is -0.355 e. The maximum Gasteiger partial charge on any atom is 0.241 e. The van der Waals surface area contributed by atoms with Gasteiger partial charge in [0, 0.05) is 29.1 Å². The summed E-state index contributed by atoms with van der Waals surface area (Å²) in [7, 11) is 0. The van der Waals surface area contributed by atoms with Crippen molar-refractivity contribution >= 4 is 27.7 Å². The number of benzene rings is 2. The van der Waals surface area contributed by atoms with Crippen LogP contribution in [0.4, 0.5) is 4.39 Å². The van der Waals surface area contributed by atoms with E-state index in [2.05, 4.69) is 10.3 Å². The Morgan fingerprint density at radius 1 is 1.14 bits per heavy atom. The molecule has 1 N–H and O–H groups in total.